The van der Waals surface area contributed by atoms with Crippen LogP contribution in [0.2, 0.25) is 5.02 Å². The van der Waals surface area contributed by atoms with Gasteiger partial charge < -0.3 is 15.7 Å². The van der Waals surface area contributed by atoms with Gasteiger partial charge in [-0.1, -0.05) is 47.6 Å². The standard InChI is InChI=1S/C25H15ClN6OS2/c26-16-6-1-13(2-7-16)21-18(12-27)24(32-25(34)31-21)35-17-8-3-14(4-9-17)23-29-19-10-5-15(22(28)33)11-20(19)30-23/h1-11H,(H2,28,33)(H,29,30)(H,31,32,34). The number of imidazole rings is 1. The number of rotatable bonds is 5. The maximum Gasteiger partial charge on any atom is 0.248 e. The lowest BCUT2D eigenvalue weighted by molar-refractivity contribution is 0.100. The van der Waals surface area contributed by atoms with E-state index in [1.54, 1.807) is 30.3 Å². The fourth-order valence-electron chi connectivity index (χ4n) is 3.56. The molecule has 0 saturated carbocycles. The highest BCUT2D eigenvalue weighted by molar-refractivity contribution is 7.99. The number of nitrogens with two attached hydrogens (primary N) is 1. The summed E-state index contributed by atoms with van der Waals surface area (Å²) in [6.07, 6.45) is 0. The van der Waals surface area contributed by atoms with Gasteiger partial charge in [-0.15, -0.1) is 0 Å². The van der Waals surface area contributed by atoms with Gasteiger partial charge >= 0.3 is 0 Å². The van der Waals surface area contributed by atoms with E-state index in [1.165, 1.54) is 11.8 Å². The van der Waals surface area contributed by atoms with E-state index < -0.39 is 5.91 Å². The molecule has 0 aliphatic heterocycles. The second kappa shape index (κ2) is 9.35. The van der Waals surface area contributed by atoms with Crippen LogP contribution in [0, 0.1) is 16.1 Å². The average molecular weight is 515 g/mol. The first-order chi connectivity index (χ1) is 16.9. The zero-order valence-corrected chi connectivity index (χ0v) is 20.3. The molecule has 0 unspecified atom stereocenters. The fraction of sp³-hybridized carbons (Fsp3) is 0. The lowest BCUT2D eigenvalue weighted by Gasteiger charge is -2.09. The molecule has 35 heavy (non-hydrogen) atoms. The molecular formula is C25H15ClN6OS2. The van der Waals surface area contributed by atoms with E-state index in [0.29, 0.717) is 32.7 Å². The largest absolute Gasteiger partial charge is 0.366 e. The van der Waals surface area contributed by atoms with E-state index in [1.807, 2.05) is 36.4 Å². The number of hydrogen-bond donors (Lipinski definition) is 3. The third-order valence-corrected chi connectivity index (χ3v) is 6.69. The topological polar surface area (TPSA) is 124 Å². The molecule has 10 heteroatoms. The Labute approximate surface area is 214 Å². The van der Waals surface area contributed by atoms with E-state index in [0.717, 1.165) is 27.1 Å². The molecule has 0 fully saturated rings. The van der Waals surface area contributed by atoms with Crippen molar-refractivity contribution in [3.8, 4) is 28.7 Å². The quantitative estimate of drug-likeness (QED) is 0.191. The van der Waals surface area contributed by atoms with Crippen molar-refractivity contribution in [2.75, 3.05) is 0 Å². The van der Waals surface area contributed by atoms with Crippen LogP contribution in [0.15, 0.2) is 76.7 Å². The molecule has 0 spiro atoms. The first kappa shape index (κ1) is 22.8. The van der Waals surface area contributed by atoms with Gasteiger partial charge in [0, 0.05) is 21.0 Å². The van der Waals surface area contributed by atoms with Crippen molar-refractivity contribution in [3.63, 3.8) is 0 Å². The van der Waals surface area contributed by atoms with Gasteiger partial charge in [-0.2, -0.15) is 5.26 Å². The number of fused-ring (bicyclic) bond motifs is 1. The van der Waals surface area contributed by atoms with Gasteiger partial charge in [-0.3, -0.25) is 4.79 Å². The maximum atomic E-state index is 11.4. The van der Waals surface area contributed by atoms with Crippen LogP contribution in [0.1, 0.15) is 15.9 Å². The van der Waals surface area contributed by atoms with Crippen LogP contribution in [-0.2, 0) is 0 Å². The van der Waals surface area contributed by atoms with Crippen molar-refractivity contribution in [1.29, 1.82) is 5.26 Å². The highest BCUT2D eigenvalue weighted by Crippen LogP contribution is 2.34. The zero-order chi connectivity index (χ0) is 24.5. The van der Waals surface area contributed by atoms with Crippen molar-refractivity contribution >= 4 is 52.5 Å². The first-order valence-corrected chi connectivity index (χ1v) is 11.9. The zero-order valence-electron chi connectivity index (χ0n) is 17.9. The smallest absolute Gasteiger partial charge is 0.248 e. The maximum absolute atomic E-state index is 11.4. The summed E-state index contributed by atoms with van der Waals surface area (Å²) in [5.41, 5.74) is 9.90. The number of benzene rings is 3. The van der Waals surface area contributed by atoms with Gasteiger partial charge in [0.25, 0.3) is 0 Å². The summed E-state index contributed by atoms with van der Waals surface area (Å²) in [6.45, 7) is 0. The van der Waals surface area contributed by atoms with Gasteiger partial charge in [-0.25, -0.2) is 9.97 Å². The summed E-state index contributed by atoms with van der Waals surface area (Å²) < 4.78 is 0.283. The molecule has 5 rings (SSSR count). The number of carbonyl (C=O) groups is 1. The number of aromatic nitrogens is 4. The van der Waals surface area contributed by atoms with Crippen LogP contribution in [0.3, 0.4) is 0 Å². The van der Waals surface area contributed by atoms with Gasteiger partial charge in [0.05, 0.1) is 16.7 Å². The van der Waals surface area contributed by atoms with E-state index in [2.05, 4.69) is 26.0 Å². The molecule has 1 amide bonds. The van der Waals surface area contributed by atoms with E-state index >= 15 is 0 Å². The Balaban J connectivity index is 1.45. The molecule has 0 atom stereocenters. The Kier molecular flexibility index (Phi) is 6.09. The number of nitriles is 1. The van der Waals surface area contributed by atoms with Crippen LogP contribution < -0.4 is 5.73 Å². The molecule has 2 aromatic heterocycles. The summed E-state index contributed by atoms with van der Waals surface area (Å²) >= 11 is 12.7. The molecular weight excluding hydrogens is 500 g/mol. The molecule has 170 valence electrons. The van der Waals surface area contributed by atoms with E-state index in [4.69, 9.17) is 29.6 Å². The number of carbonyl (C=O) groups excluding carboxylic acids is 1. The molecule has 0 aliphatic rings. The minimum atomic E-state index is -0.491. The minimum Gasteiger partial charge on any atom is -0.366 e. The van der Waals surface area contributed by atoms with Gasteiger partial charge in [0.15, 0.2) is 4.77 Å². The van der Waals surface area contributed by atoms with Crippen LogP contribution in [0.4, 0.5) is 0 Å². The van der Waals surface area contributed by atoms with Gasteiger partial charge in [0.2, 0.25) is 5.91 Å². The van der Waals surface area contributed by atoms with Crippen molar-refractivity contribution < 1.29 is 4.79 Å². The predicted octanol–water partition coefficient (Wildman–Crippen LogP) is 6.12. The number of primary amides is 1. The van der Waals surface area contributed by atoms with Crippen molar-refractivity contribution in [2.45, 2.75) is 9.92 Å². The molecule has 2 heterocycles. The average Bonchev–Trinajstić information content (AvgIpc) is 3.28. The summed E-state index contributed by atoms with van der Waals surface area (Å²) in [6, 6.07) is 22.2. The Hall–Kier alpha value is -3.97. The fourth-order valence-corrected chi connectivity index (χ4v) is 4.81. The second-order valence-corrected chi connectivity index (χ2v) is 9.41. The van der Waals surface area contributed by atoms with Crippen LogP contribution in [0.5, 0.6) is 0 Å². The Morgan fingerprint density at radius 3 is 2.40 bits per heavy atom. The highest BCUT2D eigenvalue weighted by atomic mass is 35.5. The molecule has 5 aromatic rings. The van der Waals surface area contributed by atoms with Crippen LogP contribution in [0.25, 0.3) is 33.7 Å². The first-order valence-electron chi connectivity index (χ1n) is 10.3. The third kappa shape index (κ3) is 4.68. The van der Waals surface area contributed by atoms with Crippen molar-refractivity contribution in [2.24, 2.45) is 5.73 Å². The summed E-state index contributed by atoms with van der Waals surface area (Å²) in [4.78, 5) is 27.6. The summed E-state index contributed by atoms with van der Waals surface area (Å²) in [5, 5.41) is 11.0. The second-order valence-electron chi connectivity index (χ2n) is 7.52. The molecule has 4 N–H and O–H groups in total. The monoisotopic (exact) mass is 514 g/mol. The van der Waals surface area contributed by atoms with Gasteiger partial charge in [-0.05, 0) is 60.2 Å². The van der Waals surface area contributed by atoms with E-state index in [9.17, 15) is 10.1 Å². The Morgan fingerprint density at radius 2 is 1.71 bits per heavy atom. The normalized spacial score (nSPS) is 10.9. The number of hydrogen-bond acceptors (Lipinski definition) is 6. The van der Waals surface area contributed by atoms with Crippen LogP contribution in [-0.4, -0.2) is 25.8 Å². The number of amides is 1. The minimum absolute atomic E-state index is 0.283. The van der Waals surface area contributed by atoms with Gasteiger partial charge in [0.1, 0.15) is 22.5 Å². The third-order valence-electron chi connectivity index (χ3n) is 5.25. The summed E-state index contributed by atoms with van der Waals surface area (Å²) in [5.74, 6) is 0.177. The summed E-state index contributed by atoms with van der Waals surface area (Å²) in [7, 11) is 0. The highest BCUT2D eigenvalue weighted by Gasteiger charge is 2.15. The lowest BCUT2D eigenvalue weighted by Crippen LogP contribution is -2.10. The number of halogens is 1. The van der Waals surface area contributed by atoms with Crippen molar-refractivity contribution in [1.82, 2.24) is 19.9 Å². The number of H-pyrrole nitrogens is 2. The SMILES string of the molecule is N#Cc1c(Sc2ccc(-c3nc4ccc(C(N)=O)cc4[nH]3)cc2)nc(=S)[nH]c1-c1ccc(Cl)cc1. The number of nitrogens with zero attached hydrogens (tertiary/aromatic N) is 3. The Morgan fingerprint density at radius 1 is 1.00 bits per heavy atom. The molecule has 0 bridgehead atoms. The molecule has 0 saturated heterocycles. The van der Waals surface area contributed by atoms with Crippen LogP contribution >= 0.6 is 35.6 Å². The lowest BCUT2D eigenvalue weighted by atomic mass is 10.1. The van der Waals surface area contributed by atoms with E-state index in [-0.39, 0.29) is 4.77 Å². The molecule has 0 aliphatic carbocycles. The number of aromatic amines is 2. The Bertz CT molecular complexity index is 1690. The molecule has 0 radical (unpaired) electrons. The predicted molar refractivity (Wildman–Crippen MR) is 139 cm³/mol. The molecule has 3 aromatic carbocycles. The van der Waals surface area contributed by atoms with Crippen molar-refractivity contribution in [3.05, 3.63) is 87.7 Å². The molecule has 7 nitrogen and oxygen atoms in total. The number of nitrogens with one attached hydrogen (secondary N) is 2.